The Hall–Kier alpha value is -1.10. The van der Waals surface area contributed by atoms with Crippen molar-refractivity contribution in [2.24, 2.45) is 0 Å². The van der Waals surface area contributed by atoms with Gasteiger partial charge in [-0.05, 0) is 12.8 Å². The van der Waals surface area contributed by atoms with Gasteiger partial charge in [-0.2, -0.15) is 0 Å². The molecule has 0 aromatic rings. The monoisotopic (exact) mass is 242 g/mol. The highest BCUT2D eigenvalue weighted by atomic mass is 16.3. The molecule has 5 heteroatoms. The Labute approximate surface area is 102 Å². The molecule has 0 atom stereocenters. The normalized spacial score (nSPS) is 18.5. The summed E-state index contributed by atoms with van der Waals surface area (Å²) in [7, 11) is 0. The molecule has 98 valence electrons. The predicted molar refractivity (Wildman–Crippen MR) is 64.3 cm³/mol. The van der Waals surface area contributed by atoms with Crippen molar-refractivity contribution < 1.29 is 14.7 Å². The molecule has 0 radical (unpaired) electrons. The maximum Gasteiger partial charge on any atom is 0.222 e. The van der Waals surface area contributed by atoms with Crippen molar-refractivity contribution in [1.29, 1.82) is 0 Å². The molecule has 0 heterocycles. The van der Waals surface area contributed by atoms with Crippen LogP contribution in [0.25, 0.3) is 0 Å². The average Bonchev–Trinajstić information content (AvgIpc) is 2.29. The minimum absolute atomic E-state index is 0.00111. The summed E-state index contributed by atoms with van der Waals surface area (Å²) in [6.07, 6.45) is 5.22. The summed E-state index contributed by atoms with van der Waals surface area (Å²) in [6.45, 7) is 1.77. The van der Waals surface area contributed by atoms with Crippen LogP contribution in [0, 0.1) is 0 Å². The van der Waals surface area contributed by atoms with Gasteiger partial charge in [0.15, 0.2) is 0 Å². The third kappa shape index (κ3) is 4.73. The van der Waals surface area contributed by atoms with Gasteiger partial charge in [0, 0.05) is 19.9 Å². The van der Waals surface area contributed by atoms with Crippen molar-refractivity contribution in [1.82, 2.24) is 10.6 Å². The lowest BCUT2D eigenvalue weighted by Gasteiger charge is -2.36. The van der Waals surface area contributed by atoms with Crippen LogP contribution < -0.4 is 10.6 Å². The highest BCUT2D eigenvalue weighted by Crippen LogP contribution is 2.27. The van der Waals surface area contributed by atoms with Crippen molar-refractivity contribution in [2.45, 2.75) is 51.0 Å². The zero-order chi connectivity index (χ0) is 12.7. The molecule has 0 aromatic carbocycles. The number of hydrogen-bond donors (Lipinski definition) is 3. The molecule has 2 amide bonds. The molecule has 1 fully saturated rings. The maximum atomic E-state index is 11.7. The first kappa shape index (κ1) is 14.0. The van der Waals surface area contributed by atoms with E-state index in [1.54, 1.807) is 0 Å². The van der Waals surface area contributed by atoms with Crippen LogP contribution in [0.2, 0.25) is 0 Å². The molecule has 1 aliphatic rings. The first-order chi connectivity index (χ1) is 8.08. The summed E-state index contributed by atoms with van der Waals surface area (Å²) >= 11 is 0. The molecule has 3 N–H and O–H groups in total. The Kier molecular flexibility index (Phi) is 5.41. The van der Waals surface area contributed by atoms with Crippen LogP contribution in [-0.2, 0) is 9.59 Å². The second kappa shape index (κ2) is 6.59. The molecule has 5 nitrogen and oxygen atoms in total. The molecular formula is C12H22N2O3. The third-order valence-electron chi connectivity index (χ3n) is 3.24. The molecule has 0 saturated heterocycles. The molecule has 1 rings (SSSR count). The number of amides is 2. The number of carbonyl (C=O) groups is 2. The lowest BCUT2D eigenvalue weighted by molar-refractivity contribution is -0.124. The number of aliphatic hydroxyl groups is 1. The Bertz CT molecular complexity index is 273. The van der Waals surface area contributed by atoms with E-state index in [-0.39, 0.29) is 24.8 Å². The summed E-state index contributed by atoms with van der Waals surface area (Å²) in [4.78, 5) is 22.3. The second-order valence-corrected chi connectivity index (χ2v) is 4.78. The first-order valence-corrected chi connectivity index (χ1v) is 6.24. The van der Waals surface area contributed by atoms with Gasteiger partial charge in [0.05, 0.1) is 12.1 Å². The molecule has 17 heavy (non-hydrogen) atoms. The van der Waals surface area contributed by atoms with Gasteiger partial charge in [0.2, 0.25) is 11.8 Å². The molecule has 0 spiro atoms. The molecule has 0 aliphatic heterocycles. The minimum atomic E-state index is -0.425. The highest BCUT2D eigenvalue weighted by Gasteiger charge is 2.32. The van der Waals surface area contributed by atoms with E-state index in [1.165, 1.54) is 13.3 Å². The van der Waals surface area contributed by atoms with E-state index in [1.807, 2.05) is 0 Å². The molecular weight excluding hydrogens is 220 g/mol. The molecule has 0 aromatic heterocycles. The van der Waals surface area contributed by atoms with Gasteiger partial charge in [0.1, 0.15) is 0 Å². The average molecular weight is 242 g/mol. The van der Waals surface area contributed by atoms with Crippen molar-refractivity contribution in [3.63, 3.8) is 0 Å². The zero-order valence-electron chi connectivity index (χ0n) is 10.4. The fourth-order valence-corrected chi connectivity index (χ4v) is 2.26. The predicted octanol–water partition coefficient (Wildman–Crippen LogP) is 0.324. The molecule has 0 unspecified atom stereocenters. The van der Waals surface area contributed by atoms with Crippen molar-refractivity contribution in [3.05, 3.63) is 0 Å². The van der Waals surface area contributed by atoms with Gasteiger partial charge in [-0.15, -0.1) is 0 Å². The summed E-state index contributed by atoms with van der Waals surface area (Å²) < 4.78 is 0. The van der Waals surface area contributed by atoms with Crippen LogP contribution in [-0.4, -0.2) is 35.6 Å². The standard InChI is InChI=1S/C12H22N2O3/c1-10(16)13-8-5-11(17)14-12(9-15)6-3-2-4-7-12/h15H,2-9H2,1H3,(H,13,16)(H,14,17). The van der Waals surface area contributed by atoms with Crippen LogP contribution in [0.5, 0.6) is 0 Å². The molecule has 0 bridgehead atoms. The summed E-state index contributed by atoms with van der Waals surface area (Å²) in [5.74, 6) is -0.234. The van der Waals surface area contributed by atoms with Crippen molar-refractivity contribution in [2.75, 3.05) is 13.2 Å². The van der Waals surface area contributed by atoms with E-state index < -0.39 is 5.54 Å². The minimum Gasteiger partial charge on any atom is -0.394 e. The Balaban J connectivity index is 2.34. The lowest BCUT2D eigenvalue weighted by atomic mass is 9.82. The van der Waals surface area contributed by atoms with E-state index in [0.29, 0.717) is 6.54 Å². The second-order valence-electron chi connectivity index (χ2n) is 4.78. The fourth-order valence-electron chi connectivity index (χ4n) is 2.26. The number of rotatable bonds is 5. The highest BCUT2D eigenvalue weighted by molar-refractivity contribution is 5.78. The quantitative estimate of drug-likeness (QED) is 0.650. The van der Waals surface area contributed by atoms with Gasteiger partial charge in [0.25, 0.3) is 0 Å². The van der Waals surface area contributed by atoms with Crippen molar-refractivity contribution in [3.8, 4) is 0 Å². The van der Waals surface area contributed by atoms with Gasteiger partial charge in [-0.1, -0.05) is 19.3 Å². The van der Waals surface area contributed by atoms with Crippen LogP contribution in [0.15, 0.2) is 0 Å². The largest absolute Gasteiger partial charge is 0.394 e. The Morgan fingerprint density at radius 2 is 1.88 bits per heavy atom. The van der Waals surface area contributed by atoms with Crippen LogP contribution in [0.1, 0.15) is 45.4 Å². The van der Waals surface area contributed by atoms with E-state index in [0.717, 1.165) is 25.7 Å². The SMILES string of the molecule is CC(=O)NCCC(=O)NC1(CO)CCCCC1. The van der Waals surface area contributed by atoms with Crippen LogP contribution in [0.4, 0.5) is 0 Å². The third-order valence-corrected chi connectivity index (χ3v) is 3.24. The lowest BCUT2D eigenvalue weighted by Crippen LogP contribution is -2.52. The number of carbonyl (C=O) groups excluding carboxylic acids is 2. The zero-order valence-corrected chi connectivity index (χ0v) is 10.4. The van der Waals surface area contributed by atoms with E-state index in [4.69, 9.17) is 0 Å². The van der Waals surface area contributed by atoms with Gasteiger partial charge in [-0.3, -0.25) is 9.59 Å². The van der Waals surface area contributed by atoms with Crippen LogP contribution >= 0.6 is 0 Å². The fraction of sp³-hybridized carbons (Fsp3) is 0.833. The topological polar surface area (TPSA) is 78.4 Å². The molecule has 1 aliphatic carbocycles. The number of nitrogens with one attached hydrogen (secondary N) is 2. The smallest absolute Gasteiger partial charge is 0.222 e. The molecule has 1 saturated carbocycles. The van der Waals surface area contributed by atoms with Crippen molar-refractivity contribution >= 4 is 11.8 Å². The number of aliphatic hydroxyl groups excluding tert-OH is 1. The summed E-state index contributed by atoms with van der Waals surface area (Å²) in [5, 5.41) is 14.9. The van der Waals surface area contributed by atoms with Crippen LogP contribution in [0.3, 0.4) is 0 Å². The van der Waals surface area contributed by atoms with Gasteiger partial charge >= 0.3 is 0 Å². The van der Waals surface area contributed by atoms with E-state index in [9.17, 15) is 14.7 Å². The summed E-state index contributed by atoms with van der Waals surface area (Å²) in [5.41, 5.74) is -0.425. The van der Waals surface area contributed by atoms with E-state index >= 15 is 0 Å². The first-order valence-electron chi connectivity index (χ1n) is 6.24. The summed E-state index contributed by atoms with van der Waals surface area (Å²) in [6, 6.07) is 0. The van der Waals surface area contributed by atoms with Gasteiger partial charge in [-0.25, -0.2) is 0 Å². The van der Waals surface area contributed by atoms with Gasteiger partial charge < -0.3 is 15.7 Å². The van der Waals surface area contributed by atoms with E-state index in [2.05, 4.69) is 10.6 Å². The maximum absolute atomic E-state index is 11.7. The Morgan fingerprint density at radius 1 is 1.24 bits per heavy atom. The number of hydrogen-bond acceptors (Lipinski definition) is 3. The Morgan fingerprint density at radius 3 is 2.41 bits per heavy atom.